The molecule has 9 atom stereocenters. The molecule has 0 aromatic heterocycles. The molecule has 0 bridgehead atoms. The van der Waals surface area contributed by atoms with Gasteiger partial charge in [-0.25, -0.2) is 10.9 Å². The van der Waals surface area contributed by atoms with Crippen LogP contribution in [0.3, 0.4) is 0 Å². The molecule has 2 heteroatoms. The van der Waals surface area contributed by atoms with Crippen LogP contribution in [-0.4, -0.2) is 21.8 Å². The Labute approximate surface area is 195 Å². The summed E-state index contributed by atoms with van der Waals surface area (Å²) in [5.41, 5.74) is 2.54. The van der Waals surface area contributed by atoms with E-state index in [0.717, 1.165) is 29.6 Å². The second kappa shape index (κ2) is 8.66. The van der Waals surface area contributed by atoms with Crippen LogP contribution in [0.2, 0.25) is 0 Å². The summed E-state index contributed by atoms with van der Waals surface area (Å²) in [6, 6.07) is 0. The van der Waals surface area contributed by atoms with E-state index in [1.54, 1.807) is 24.3 Å². The van der Waals surface area contributed by atoms with E-state index in [2.05, 4.69) is 59.2 Å². The zero-order valence-electron chi connectivity index (χ0n) is 20.9. The van der Waals surface area contributed by atoms with Crippen molar-refractivity contribution >= 4 is 22.7 Å². The van der Waals surface area contributed by atoms with E-state index >= 15 is 0 Å². The highest BCUT2D eigenvalue weighted by Crippen LogP contribution is 2.76. The van der Waals surface area contributed by atoms with Gasteiger partial charge in [-0.05, 0) is 123 Å². The molecule has 0 spiro atoms. The summed E-state index contributed by atoms with van der Waals surface area (Å²) in [6.45, 7) is 16.9. The minimum absolute atomic E-state index is 0.240. The molecule has 0 N–H and O–H groups in total. The fourth-order valence-corrected chi connectivity index (χ4v) is 15.3. The molecular weight excluding hydrogens is 400 g/mol. The van der Waals surface area contributed by atoms with Crippen molar-refractivity contribution in [2.45, 2.75) is 103 Å². The predicted molar refractivity (Wildman–Crippen MR) is 141 cm³/mol. The van der Waals surface area contributed by atoms with E-state index in [9.17, 15) is 0 Å². The molecule has 2 saturated heterocycles. The summed E-state index contributed by atoms with van der Waals surface area (Å²) in [5, 5.41) is 0. The van der Waals surface area contributed by atoms with E-state index in [0.29, 0.717) is 14.9 Å². The minimum Gasteiger partial charge on any atom is -0.239 e. The fraction of sp³-hybridized carbons (Fsp3) is 0.929. The third kappa shape index (κ3) is 3.48. The van der Waals surface area contributed by atoms with Gasteiger partial charge in [0.05, 0.1) is 0 Å². The Hall–Kier alpha value is 0.440. The Bertz CT molecular complexity index is 643. The Morgan fingerprint density at radius 1 is 1.07 bits per heavy atom. The largest absolute Gasteiger partial charge is 0.239 e. The van der Waals surface area contributed by atoms with Crippen LogP contribution in [0, 0.1) is 40.4 Å². The molecule has 6 unspecified atom stereocenters. The van der Waals surface area contributed by atoms with Crippen molar-refractivity contribution in [2.24, 2.45) is 40.4 Å². The van der Waals surface area contributed by atoms with E-state index in [1.807, 2.05) is 0 Å². The van der Waals surface area contributed by atoms with Crippen molar-refractivity contribution in [1.29, 1.82) is 0 Å². The van der Waals surface area contributed by atoms with Gasteiger partial charge >= 0.3 is 0 Å². The molecule has 2 aliphatic heterocycles. The Morgan fingerprint density at radius 3 is 2.47 bits per heavy atom. The SMILES string of the molecule is C=C(C)CCC(C)C1CCC2(C)C3CC[SH]4C[C@@H](CC)CC[C@]4(SC)C3CC[C@]12C. The number of hydrogen-bond acceptors (Lipinski definition) is 1. The third-order valence-electron chi connectivity index (χ3n) is 11.2. The molecule has 30 heavy (non-hydrogen) atoms. The smallest absolute Gasteiger partial charge is 0.0464 e. The summed E-state index contributed by atoms with van der Waals surface area (Å²) >= 11 is 2.34. The zero-order valence-corrected chi connectivity index (χ0v) is 22.6. The molecule has 2 aliphatic carbocycles. The Morgan fingerprint density at radius 2 is 1.80 bits per heavy atom. The summed E-state index contributed by atoms with van der Waals surface area (Å²) in [4.78, 5) is 0. The van der Waals surface area contributed by atoms with Crippen LogP contribution in [0.4, 0.5) is 0 Å². The molecule has 4 rings (SSSR count). The predicted octanol–water partition coefficient (Wildman–Crippen LogP) is 8.71. The first-order valence-electron chi connectivity index (χ1n) is 13.2. The molecule has 0 aromatic carbocycles. The lowest BCUT2D eigenvalue weighted by molar-refractivity contribution is -0.0843. The maximum Gasteiger partial charge on any atom is 0.0464 e. The van der Waals surface area contributed by atoms with Crippen molar-refractivity contribution < 1.29 is 0 Å². The van der Waals surface area contributed by atoms with E-state index in [1.165, 1.54) is 56.9 Å². The quantitative estimate of drug-likeness (QED) is 0.312. The van der Waals surface area contributed by atoms with E-state index in [4.69, 9.17) is 0 Å². The number of fused-ring (bicyclic) bond motifs is 5. The number of thiol groups is 1. The van der Waals surface area contributed by atoms with Crippen molar-refractivity contribution in [1.82, 2.24) is 0 Å². The molecule has 0 nitrogen and oxygen atoms in total. The van der Waals surface area contributed by atoms with Crippen LogP contribution >= 0.6 is 22.7 Å². The first-order chi connectivity index (χ1) is 14.2. The summed E-state index contributed by atoms with van der Waals surface area (Å²) < 4.78 is 0.678. The summed E-state index contributed by atoms with van der Waals surface area (Å²) in [5.74, 6) is 8.06. The number of thioether (sulfide) groups is 1. The highest BCUT2D eigenvalue weighted by molar-refractivity contribution is 8.28. The lowest BCUT2D eigenvalue weighted by Gasteiger charge is -2.66. The maximum atomic E-state index is 4.19. The van der Waals surface area contributed by atoms with Crippen LogP contribution in [0.5, 0.6) is 0 Å². The monoisotopic (exact) mass is 450 g/mol. The van der Waals surface area contributed by atoms with Crippen LogP contribution in [-0.2, 0) is 0 Å². The van der Waals surface area contributed by atoms with Crippen LogP contribution in [0.15, 0.2) is 12.2 Å². The normalized spacial score (nSPS) is 50.3. The molecule has 174 valence electrons. The number of rotatable bonds is 6. The molecule has 2 heterocycles. The average molecular weight is 451 g/mol. The van der Waals surface area contributed by atoms with E-state index in [-0.39, 0.29) is 10.9 Å². The van der Waals surface area contributed by atoms with Gasteiger partial charge in [-0.15, -0.1) is 18.3 Å². The third-order valence-corrected chi connectivity index (χ3v) is 17.2. The Kier molecular flexibility index (Phi) is 6.81. The molecule has 2 saturated carbocycles. The summed E-state index contributed by atoms with van der Waals surface area (Å²) in [6.07, 6.45) is 17.2. The summed E-state index contributed by atoms with van der Waals surface area (Å²) in [7, 11) is 0.240. The standard InChI is InChI=1S/C28H50S2/c1-8-22-11-17-28(29-7)25-13-16-26(5)23(21(4)10-9-20(2)3)12-15-27(26,6)24(25)14-18-30(28)19-22/h21-25,30H,2,8-19H2,1,3-7H3/t21?,22-,23?,24?,25?,26+,27?,28+/m0/s1. The first kappa shape index (κ1) is 23.6. The van der Waals surface area contributed by atoms with Gasteiger partial charge in [0.15, 0.2) is 0 Å². The van der Waals surface area contributed by atoms with Gasteiger partial charge in [0.25, 0.3) is 0 Å². The second-order valence-electron chi connectivity index (χ2n) is 12.3. The van der Waals surface area contributed by atoms with Gasteiger partial charge in [0, 0.05) is 4.08 Å². The zero-order chi connectivity index (χ0) is 21.7. The van der Waals surface area contributed by atoms with Gasteiger partial charge in [-0.2, -0.15) is 0 Å². The number of allylic oxidation sites excluding steroid dienone is 1. The van der Waals surface area contributed by atoms with Crippen LogP contribution < -0.4 is 0 Å². The van der Waals surface area contributed by atoms with Gasteiger partial charge in [-0.3, -0.25) is 0 Å². The fourth-order valence-electron chi connectivity index (χ4n) is 9.15. The first-order valence-corrected chi connectivity index (χ1v) is 16.1. The maximum absolute atomic E-state index is 4.19. The molecule has 0 aromatic rings. The van der Waals surface area contributed by atoms with Gasteiger partial charge in [0.2, 0.25) is 0 Å². The minimum atomic E-state index is 0.240. The lowest BCUT2D eigenvalue weighted by atomic mass is 9.47. The van der Waals surface area contributed by atoms with Gasteiger partial charge < -0.3 is 0 Å². The lowest BCUT2D eigenvalue weighted by Crippen LogP contribution is -2.58. The van der Waals surface area contributed by atoms with Gasteiger partial charge in [0.1, 0.15) is 0 Å². The average Bonchev–Trinajstić information content (AvgIpc) is 3.02. The van der Waals surface area contributed by atoms with Crippen molar-refractivity contribution in [2.75, 3.05) is 17.8 Å². The van der Waals surface area contributed by atoms with Crippen LogP contribution in [0.25, 0.3) is 0 Å². The van der Waals surface area contributed by atoms with Gasteiger partial charge in [-0.1, -0.05) is 39.7 Å². The van der Waals surface area contributed by atoms with Crippen molar-refractivity contribution in [3.8, 4) is 0 Å². The highest BCUT2D eigenvalue weighted by atomic mass is 32.2. The number of hydrogen-bond donors (Lipinski definition) is 1. The molecule has 4 fully saturated rings. The van der Waals surface area contributed by atoms with Crippen molar-refractivity contribution in [3.63, 3.8) is 0 Å². The van der Waals surface area contributed by atoms with E-state index < -0.39 is 0 Å². The molecule has 0 radical (unpaired) electrons. The van der Waals surface area contributed by atoms with Crippen molar-refractivity contribution in [3.05, 3.63) is 12.2 Å². The molecule has 0 amide bonds. The second-order valence-corrected chi connectivity index (χ2v) is 16.4. The molecular formula is C28H50S2. The molecule has 4 aliphatic rings. The topological polar surface area (TPSA) is 0 Å². The Balaban J connectivity index is 1.58. The highest BCUT2D eigenvalue weighted by Gasteiger charge is 2.66. The van der Waals surface area contributed by atoms with Crippen LogP contribution in [0.1, 0.15) is 98.8 Å².